The van der Waals surface area contributed by atoms with Gasteiger partial charge in [-0.2, -0.15) is 0 Å². The Bertz CT molecular complexity index is 2370. The summed E-state index contributed by atoms with van der Waals surface area (Å²) < 4.78 is 0. The number of aliphatic hydroxyl groups excluding tert-OH is 1. The molecule has 0 saturated carbocycles. The van der Waals surface area contributed by atoms with Crippen LogP contribution in [0, 0.1) is 5.92 Å². The van der Waals surface area contributed by atoms with Crippen LogP contribution in [-0.4, -0.2) is 187 Å². The maximum atomic E-state index is 14.5. The fourth-order valence-corrected chi connectivity index (χ4v) is 10.8. The number of carboxylic acid groups (broad SMARTS) is 2. The number of nitrogens with two attached hydrogens (primary N) is 1. The third-order valence-corrected chi connectivity index (χ3v) is 14.6. The number of rotatable bonds is 10. The Morgan fingerprint density at radius 1 is 0.750 bits per heavy atom. The number of aliphatic carboxylic acids is 2. The summed E-state index contributed by atoms with van der Waals surface area (Å²) in [6.45, 7) is 3.32. The molecule has 0 bridgehead atoms. The number of para-hydroxylation sites is 1. The van der Waals surface area contributed by atoms with E-state index in [1.807, 2.05) is 13.8 Å². The van der Waals surface area contributed by atoms with E-state index in [9.17, 15) is 68.1 Å². The summed E-state index contributed by atoms with van der Waals surface area (Å²) in [5.74, 6) is -11.3. The van der Waals surface area contributed by atoms with Gasteiger partial charge in [0, 0.05) is 48.1 Å². The minimum absolute atomic E-state index is 0.0446. The molecule has 3 saturated heterocycles. The van der Waals surface area contributed by atoms with Crippen LogP contribution >= 0.6 is 21.6 Å². The van der Waals surface area contributed by atoms with E-state index in [-0.39, 0.29) is 56.2 Å². The highest BCUT2D eigenvalue weighted by molar-refractivity contribution is 8.76. The molecule has 27 heteroatoms. The predicted molar refractivity (Wildman–Crippen MR) is 261 cm³/mol. The molecule has 394 valence electrons. The molecule has 13 N–H and O–H groups in total. The Labute approximate surface area is 421 Å². The van der Waals surface area contributed by atoms with Gasteiger partial charge in [0.05, 0.1) is 25.6 Å². The van der Waals surface area contributed by atoms with Crippen molar-refractivity contribution in [2.45, 2.75) is 120 Å². The summed E-state index contributed by atoms with van der Waals surface area (Å²) in [6.07, 6.45) is 1.52. The fourth-order valence-electron chi connectivity index (χ4n) is 8.47. The van der Waals surface area contributed by atoms with Crippen LogP contribution in [0.15, 0.2) is 30.5 Å². The number of carbonyl (C=O) groups is 11. The van der Waals surface area contributed by atoms with Gasteiger partial charge < -0.3 is 73.1 Å². The number of amides is 9. The van der Waals surface area contributed by atoms with Gasteiger partial charge in [0.1, 0.15) is 48.3 Å². The second-order valence-corrected chi connectivity index (χ2v) is 20.7. The standard InChI is InChI=1S/C45H63N11O14S2/c1-22(2)14-29-44(68)56-13-7-11-34(56)43(67)50-27(15-24-17-47-26-9-5-4-8-25(24)26)39(63)52-30(19-57)40(64)49-28(16-36(59)60)38(62)48-18-35(58)55-12-6-10-33(55)42(66)54-32(45(69)70)21-72-71-20-31(41(65)51-29)53-37(61)23(3)46/h4-5,8-9,17,22-23,27-34,47,57H,6-7,10-16,18-21,46H2,1-3H3,(H,48,62)(H,49,64)(H,50,67)(H,51,65)(H,52,63)(H,53,61)(H,54,66)(H,59,60)(H,69,70)/t23-,27+,28+,29-,30-,31-,32-,33-,34-/m0/s1. The van der Waals surface area contributed by atoms with Crippen LogP contribution in [0.1, 0.15) is 64.9 Å². The minimum Gasteiger partial charge on any atom is -0.481 e. The number of aromatic amines is 1. The van der Waals surface area contributed by atoms with Gasteiger partial charge in [0.15, 0.2) is 0 Å². The second-order valence-electron chi connectivity index (χ2n) is 18.2. The summed E-state index contributed by atoms with van der Waals surface area (Å²) in [5.41, 5.74) is 7.08. The number of hydrogen-bond acceptors (Lipinski definition) is 15. The largest absolute Gasteiger partial charge is 0.481 e. The lowest BCUT2D eigenvalue weighted by atomic mass is 10.0. The van der Waals surface area contributed by atoms with Crippen LogP contribution in [0.3, 0.4) is 0 Å². The molecule has 1 aromatic carbocycles. The van der Waals surface area contributed by atoms with Crippen LogP contribution < -0.4 is 43.0 Å². The van der Waals surface area contributed by atoms with Crippen molar-refractivity contribution in [3.8, 4) is 0 Å². The van der Waals surface area contributed by atoms with Crippen molar-refractivity contribution in [1.29, 1.82) is 0 Å². The molecule has 0 aliphatic carbocycles. The van der Waals surface area contributed by atoms with Crippen molar-refractivity contribution >= 4 is 97.6 Å². The third kappa shape index (κ3) is 15.3. The molecule has 9 atom stereocenters. The summed E-state index contributed by atoms with van der Waals surface area (Å²) in [4.78, 5) is 154. The number of nitrogens with one attached hydrogen (secondary N) is 8. The SMILES string of the molecule is CC(C)C[C@@H]1NC(=O)[C@@H](NC(=O)[C@H](C)N)CSSC[C@@H](C(=O)O)NC(=O)[C@@H]2CCCN2C(=O)CNC(=O)[C@@H](CC(=O)O)NC(=O)[C@H](CO)NC(=O)[C@@H](Cc2c[nH]c3ccccc23)NC(=O)[C@@H]2CCCN2C1=O. The van der Waals surface area contributed by atoms with E-state index < -0.39 is 139 Å². The zero-order valence-electron chi connectivity index (χ0n) is 40.0. The molecule has 4 heterocycles. The lowest BCUT2D eigenvalue weighted by Gasteiger charge is -2.31. The summed E-state index contributed by atoms with van der Waals surface area (Å²) >= 11 is 0. The van der Waals surface area contributed by atoms with Crippen LogP contribution in [0.4, 0.5) is 0 Å². The number of aromatic nitrogens is 1. The van der Waals surface area contributed by atoms with Crippen molar-refractivity contribution in [3.63, 3.8) is 0 Å². The van der Waals surface area contributed by atoms with Gasteiger partial charge in [0.25, 0.3) is 0 Å². The fraction of sp³-hybridized carbons (Fsp3) is 0.578. The Kier molecular flexibility index (Phi) is 20.6. The van der Waals surface area contributed by atoms with Crippen molar-refractivity contribution in [2.24, 2.45) is 11.7 Å². The minimum atomic E-state index is -1.85. The number of aliphatic hydroxyl groups is 1. The quantitative estimate of drug-likeness (QED) is 0.106. The molecule has 0 spiro atoms. The molecule has 25 nitrogen and oxygen atoms in total. The van der Waals surface area contributed by atoms with E-state index in [1.165, 1.54) is 11.8 Å². The third-order valence-electron chi connectivity index (χ3n) is 12.2. The number of nitrogens with zero attached hydrogens (tertiary/aromatic N) is 2. The van der Waals surface area contributed by atoms with Crippen LogP contribution in [0.25, 0.3) is 10.9 Å². The molecule has 0 unspecified atom stereocenters. The Morgan fingerprint density at radius 2 is 1.35 bits per heavy atom. The van der Waals surface area contributed by atoms with E-state index in [2.05, 4.69) is 42.2 Å². The van der Waals surface area contributed by atoms with Crippen molar-refractivity contribution in [1.82, 2.24) is 52.0 Å². The lowest BCUT2D eigenvalue weighted by Crippen LogP contribution is -2.60. The first-order valence-corrected chi connectivity index (χ1v) is 26.0. The van der Waals surface area contributed by atoms with Crippen LogP contribution in [0.5, 0.6) is 0 Å². The van der Waals surface area contributed by atoms with Gasteiger partial charge in [-0.15, -0.1) is 0 Å². The van der Waals surface area contributed by atoms with Gasteiger partial charge in [-0.25, -0.2) is 4.79 Å². The van der Waals surface area contributed by atoms with Gasteiger partial charge >= 0.3 is 11.9 Å². The van der Waals surface area contributed by atoms with E-state index in [0.717, 1.165) is 26.5 Å². The maximum absolute atomic E-state index is 14.5. The lowest BCUT2D eigenvalue weighted by molar-refractivity contribution is -0.143. The van der Waals surface area contributed by atoms with Crippen molar-refractivity contribution < 1.29 is 68.1 Å². The smallest absolute Gasteiger partial charge is 0.327 e. The predicted octanol–water partition coefficient (Wildman–Crippen LogP) is -2.94. The monoisotopic (exact) mass is 1050 g/mol. The highest BCUT2D eigenvalue weighted by Gasteiger charge is 2.41. The average Bonchev–Trinajstić information content (AvgIpc) is 4.12. The Morgan fingerprint density at radius 3 is 2.00 bits per heavy atom. The number of hydrogen-bond donors (Lipinski definition) is 12. The highest BCUT2D eigenvalue weighted by Crippen LogP contribution is 2.26. The first-order chi connectivity index (χ1) is 34.2. The summed E-state index contributed by atoms with van der Waals surface area (Å²) in [6, 6.07) is -5.39. The van der Waals surface area contributed by atoms with E-state index in [0.29, 0.717) is 29.3 Å². The van der Waals surface area contributed by atoms with E-state index in [1.54, 1.807) is 30.5 Å². The first-order valence-electron chi connectivity index (χ1n) is 23.5. The molecular weight excluding hydrogens is 983 g/mol. The number of carbonyl (C=O) groups excluding carboxylic acids is 9. The van der Waals surface area contributed by atoms with Crippen molar-refractivity contribution in [3.05, 3.63) is 36.0 Å². The molecule has 3 fully saturated rings. The summed E-state index contributed by atoms with van der Waals surface area (Å²) in [5, 5.41) is 48.0. The zero-order chi connectivity index (χ0) is 52.8. The van der Waals surface area contributed by atoms with Gasteiger partial charge in [-0.1, -0.05) is 53.6 Å². The normalized spacial score (nSPS) is 26.6. The molecule has 3 aliphatic heterocycles. The molecular formula is C45H63N11O14S2. The highest BCUT2D eigenvalue weighted by atomic mass is 33.1. The molecule has 2 aromatic rings. The molecule has 5 rings (SSSR count). The van der Waals surface area contributed by atoms with Gasteiger partial charge in [-0.05, 0) is 56.6 Å². The van der Waals surface area contributed by atoms with E-state index in [4.69, 9.17) is 5.73 Å². The van der Waals surface area contributed by atoms with Crippen LogP contribution in [-0.2, 0) is 59.2 Å². The van der Waals surface area contributed by atoms with Crippen LogP contribution in [0.2, 0.25) is 0 Å². The maximum Gasteiger partial charge on any atom is 0.327 e. The average molecular weight is 1050 g/mol. The Balaban J connectivity index is 1.49. The zero-order valence-corrected chi connectivity index (χ0v) is 41.6. The molecule has 9 amide bonds. The van der Waals surface area contributed by atoms with Gasteiger partial charge in [-0.3, -0.25) is 47.9 Å². The Hall–Kier alpha value is -6.45. The molecule has 3 aliphatic rings. The molecule has 72 heavy (non-hydrogen) atoms. The number of carboxylic acids is 2. The van der Waals surface area contributed by atoms with Crippen molar-refractivity contribution in [2.75, 3.05) is 37.7 Å². The van der Waals surface area contributed by atoms with E-state index >= 15 is 0 Å². The summed E-state index contributed by atoms with van der Waals surface area (Å²) in [7, 11) is 1.94. The number of fused-ring (bicyclic) bond motifs is 3. The topological polar surface area (TPSA) is 381 Å². The second kappa shape index (κ2) is 26.3. The number of benzene rings is 1. The first kappa shape index (κ1) is 56.5. The van der Waals surface area contributed by atoms with Gasteiger partial charge in [0.2, 0.25) is 53.2 Å². The molecule has 1 aromatic heterocycles. The number of H-pyrrole nitrogens is 1. The molecule has 0 radical (unpaired) electrons.